The van der Waals surface area contributed by atoms with Gasteiger partial charge >= 0.3 is 11.9 Å². The molecule has 29 heavy (non-hydrogen) atoms. The summed E-state index contributed by atoms with van der Waals surface area (Å²) in [5.74, 6) is -0.317. The summed E-state index contributed by atoms with van der Waals surface area (Å²) in [7, 11) is 0. The highest BCUT2D eigenvalue weighted by molar-refractivity contribution is 5.92. The van der Waals surface area contributed by atoms with Gasteiger partial charge in [0.25, 0.3) is 0 Å². The number of nitrogens with zero attached hydrogens (tertiary/aromatic N) is 1. The molecule has 3 aromatic carbocycles. The highest BCUT2D eigenvalue weighted by atomic mass is 16.5. The van der Waals surface area contributed by atoms with Crippen molar-refractivity contribution in [1.29, 1.82) is 5.26 Å². The van der Waals surface area contributed by atoms with Gasteiger partial charge in [-0.05, 0) is 66.6 Å². The van der Waals surface area contributed by atoms with Crippen LogP contribution in [-0.4, -0.2) is 11.9 Å². The third-order valence-electron chi connectivity index (χ3n) is 4.06. The second-order valence-corrected chi connectivity index (χ2v) is 6.30. The fraction of sp³-hybridized carbons (Fsp3) is 0.0417. The van der Waals surface area contributed by atoms with Crippen LogP contribution in [0.25, 0.3) is 11.1 Å². The zero-order chi connectivity index (χ0) is 20.8. The van der Waals surface area contributed by atoms with Gasteiger partial charge in [0, 0.05) is 5.57 Å². The maximum Gasteiger partial charge on any atom is 0.343 e. The van der Waals surface area contributed by atoms with Gasteiger partial charge in [-0.3, -0.25) is 0 Å². The van der Waals surface area contributed by atoms with Crippen LogP contribution >= 0.6 is 0 Å². The summed E-state index contributed by atoms with van der Waals surface area (Å²) in [6.45, 7) is 5.07. The van der Waals surface area contributed by atoms with E-state index in [1.54, 1.807) is 31.2 Å². The van der Waals surface area contributed by atoms with Crippen molar-refractivity contribution in [3.8, 4) is 28.7 Å². The van der Waals surface area contributed by atoms with E-state index in [0.717, 1.165) is 11.1 Å². The van der Waals surface area contributed by atoms with Crippen LogP contribution in [0.4, 0.5) is 0 Å². The Kier molecular flexibility index (Phi) is 5.86. The lowest BCUT2D eigenvalue weighted by Crippen LogP contribution is -2.10. The van der Waals surface area contributed by atoms with Gasteiger partial charge < -0.3 is 9.47 Å². The molecule has 0 atom stereocenters. The number of carbonyl (C=O) groups excluding carboxylic acids is 2. The van der Waals surface area contributed by atoms with Gasteiger partial charge in [0.15, 0.2) is 0 Å². The molecule has 0 N–H and O–H groups in total. The van der Waals surface area contributed by atoms with E-state index in [1.165, 1.54) is 24.3 Å². The summed E-state index contributed by atoms with van der Waals surface area (Å²) in [4.78, 5) is 23.8. The van der Waals surface area contributed by atoms with Crippen LogP contribution < -0.4 is 9.47 Å². The second-order valence-electron chi connectivity index (χ2n) is 6.30. The number of benzene rings is 3. The molecular formula is C24H17NO4. The van der Waals surface area contributed by atoms with E-state index >= 15 is 0 Å². The Labute approximate surface area is 168 Å². The largest absolute Gasteiger partial charge is 0.423 e. The van der Waals surface area contributed by atoms with Gasteiger partial charge in [0.2, 0.25) is 0 Å². The standard InChI is InChI=1S/C24H17NO4/c1-16(2)23(26)28-21-13-9-20(10-14-21)24(27)29-22-11-7-19(8-12-22)18-5-3-17(15-25)4-6-18/h3-14H,1H2,2H3. The van der Waals surface area contributed by atoms with Gasteiger partial charge in [-0.15, -0.1) is 0 Å². The van der Waals surface area contributed by atoms with Gasteiger partial charge in [-0.25, -0.2) is 9.59 Å². The first kappa shape index (κ1) is 19.6. The highest BCUT2D eigenvalue weighted by Crippen LogP contribution is 2.23. The number of hydrogen-bond donors (Lipinski definition) is 0. The minimum atomic E-state index is -0.525. The normalized spacial score (nSPS) is 9.93. The summed E-state index contributed by atoms with van der Waals surface area (Å²) in [6.07, 6.45) is 0. The van der Waals surface area contributed by atoms with E-state index in [0.29, 0.717) is 22.6 Å². The molecule has 0 saturated heterocycles. The lowest BCUT2D eigenvalue weighted by Gasteiger charge is -2.07. The Balaban J connectivity index is 1.65. The predicted octanol–water partition coefficient (Wildman–Crippen LogP) is 4.93. The van der Waals surface area contributed by atoms with Crippen LogP contribution in [-0.2, 0) is 4.79 Å². The van der Waals surface area contributed by atoms with E-state index in [9.17, 15) is 9.59 Å². The molecule has 5 nitrogen and oxygen atoms in total. The van der Waals surface area contributed by atoms with E-state index in [-0.39, 0.29) is 5.57 Å². The maximum absolute atomic E-state index is 12.3. The number of ether oxygens (including phenoxy) is 2. The molecule has 0 fully saturated rings. The Morgan fingerprint density at radius 3 is 1.79 bits per heavy atom. The number of rotatable bonds is 5. The van der Waals surface area contributed by atoms with Crippen LogP contribution in [0.2, 0.25) is 0 Å². The van der Waals surface area contributed by atoms with Gasteiger partial charge in [-0.1, -0.05) is 30.8 Å². The monoisotopic (exact) mass is 383 g/mol. The Morgan fingerprint density at radius 1 is 0.793 bits per heavy atom. The van der Waals surface area contributed by atoms with E-state index < -0.39 is 11.9 Å². The summed E-state index contributed by atoms with van der Waals surface area (Å²) in [6, 6.07) is 22.5. The zero-order valence-electron chi connectivity index (χ0n) is 15.7. The molecule has 0 spiro atoms. The third kappa shape index (κ3) is 4.96. The molecule has 142 valence electrons. The number of hydrogen-bond acceptors (Lipinski definition) is 5. The maximum atomic E-state index is 12.3. The smallest absolute Gasteiger partial charge is 0.343 e. The van der Waals surface area contributed by atoms with Crippen LogP contribution in [0.15, 0.2) is 84.9 Å². The van der Waals surface area contributed by atoms with Gasteiger partial charge in [-0.2, -0.15) is 5.26 Å². The van der Waals surface area contributed by atoms with Crippen molar-refractivity contribution in [2.75, 3.05) is 0 Å². The number of esters is 2. The minimum absolute atomic E-state index is 0.290. The van der Waals surface area contributed by atoms with Crippen LogP contribution in [0.3, 0.4) is 0 Å². The number of carbonyl (C=O) groups is 2. The molecule has 0 unspecified atom stereocenters. The predicted molar refractivity (Wildman–Crippen MR) is 108 cm³/mol. The summed E-state index contributed by atoms with van der Waals surface area (Å²) in [5.41, 5.74) is 3.12. The lowest BCUT2D eigenvalue weighted by atomic mass is 10.0. The van der Waals surface area contributed by atoms with Crippen molar-refractivity contribution in [1.82, 2.24) is 0 Å². The topological polar surface area (TPSA) is 76.4 Å². The molecule has 0 saturated carbocycles. The minimum Gasteiger partial charge on any atom is -0.423 e. The summed E-state index contributed by atoms with van der Waals surface area (Å²) < 4.78 is 10.5. The van der Waals surface area contributed by atoms with Crippen molar-refractivity contribution in [3.05, 3.63) is 96.1 Å². The van der Waals surface area contributed by atoms with Crippen molar-refractivity contribution in [3.63, 3.8) is 0 Å². The molecule has 0 aromatic heterocycles. The van der Waals surface area contributed by atoms with E-state index in [1.807, 2.05) is 24.3 Å². The third-order valence-corrected chi connectivity index (χ3v) is 4.06. The SMILES string of the molecule is C=C(C)C(=O)Oc1ccc(C(=O)Oc2ccc(-c3ccc(C#N)cc3)cc2)cc1. The number of nitriles is 1. The molecule has 5 heteroatoms. The molecular weight excluding hydrogens is 366 g/mol. The van der Waals surface area contributed by atoms with Gasteiger partial charge in [0.05, 0.1) is 17.2 Å². The van der Waals surface area contributed by atoms with Crippen molar-refractivity contribution < 1.29 is 19.1 Å². The summed E-state index contributed by atoms with van der Waals surface area (Å²) in [5, 5.41) is 8.86. The average Bonchev–Trinajstić information content (AvgIpc) is 2.74. The quantitative estimate of drug-likeness (QED) is 0.355. The average molecular weight is 383 g/mol. The first-order chi connectivity index (χ1) is 14.0. The fourth-order valence-electron chi connectivity index (χ4n) is 2.47. The lowest BCUT2D eigenvalue weighted by molar-refractivity contribution is -0.130. The molecule has 3 aromatic rings. The Morgan fingerprint density at radius 2 is 1.28 bits per heavy atom. The molecule has 0 bridgehead atoms. The molecule has 0 amide bonds. The Hall–Kier alpha value is -4.17. The zero-order valence-corrected chi connectivity index (χ0v) is 15.7. The van der Waals surface area contributed by atoms with Crippen molar-refractivity contribution >= 4 is 11.9 Å². The molecule has 0 aliphatic carbocycles. The molecule has 0 heterocycles. The molecule has 0 radical (unpaired) electrons. The molecule has 3 rings (SSSR count). The summed E-state index contributed by atoms with van der Waals surface area (Å²) >= 11 is 0. The first-order valence-electron chi connectivity index (χ1n) is 8.77. The van der Waals surface area contributed by atoms with Crippen LogP contribution in [0.1, 0.15) is 22.8 Å². The highest BCUT2D eigenvalue weighted by Gasteiger charge is 2.11. The van der Waals surface area contributed by atoms with E-state index in [4.69, 9.17) is 14.7 Å². The first-order valence-corrected chi connectivity index (χ1v) is 8.77. The molecule has 0 aliphatic rings. The van der Waals surface area contributed by atoms with Crippen LogP contribution in [0, 0.1) is 11.3 Å². The van der Waals surface area contributed by atoms with Gasteiger partial charge in [0.1, 0.15) is 11.5 Å². The van der Waals surface area contributed by atoms with E-state index in [2.05, 4.69) is 12.6 Å². The van der Waals surface area contributed by atoms with Crippen molar-refractivity contribution in [2.45, 2.75) is 6.92 Å². The van der Waals surface area contributed by atoms with Crippen LogP contribution in [0.5, 0.6) is 11.5 Å². The Bertz CT molecular complexity index is 1090. The molecule has 0 aliphatic heterocycles. The van der Waals surface area contributed by atoms with Crippen molar-refractivity contribution in [2.24, 2.45) is 0 Å². The fourth-order valence-corrected chi connectivity index (χ4v) is 2.47. The second kappa shape index (κ2) is 8.68.